The van der Waals surface area contributed by atoms with Gasteiger partial charge in [-0.05, 0) is 53.6 Å². The summed E-state index contributed by atoms with van der Waals surface area (Å²) >= 11 is 0. The van der Waals surface area contributed by atoms with Gasteiger partial charge < -0.3 is 14.5 Å². The lowest BCUT2D eigenvalue weighted by Crippen LogP contribution is -2.14. The van der Waals surface area contributed by atoms with Gasteiger partial charge >= 0.3 is 0 Å². The van der Waals surface area contributed by atoms with Gasteiger partial charge in [0.2, 0.25) is 11.6 Å². The fraction of sp³-hybridized carbons (Fsp3) is 0.0800. The van der Waals surface area contributed by atoms with E-state index in [-0.39, 0.29) is 5.91 Å². The van der Waals surface area contributed by atoms with E-state index in [0.717, 1.165) is 21.9 Å². The van der Waals surface area contributed by atoms with Crippen LogP contribution in [0.5, 0.6) is 5.75 Å². The summed E-state index contributed by atoms with van der Waals surface area (Å²) in [6.07, 6.45) is 1.66. The molecule has 0 spiro atoms. The number of aromatic nitrogens is 2. The van der Waals surface area contributed by atoms with Gasteiger partial charge in [-0.2, -0.15) is 0 Å². The molecule has 152 valence electrons. The molecular weight excluding hydrogens is 390 g/mol. The maximum absolute atomic E-state index is 13.3. The highest BCUT2D eigenvalue weighted by molar-refractivity contribution is 6.15. The van der Waals surface area contributed by atoms with Crippen molar-refractivity contribution in [1.29, 1.82) is 0 Å². The predicted octanol–water partition coefficient (Wildman–Crippen LogP) is 5.61. The number of aryl methyl sites for hydroxylation is 1. The van der Waals surface area contributed by atoms with E-state index in [2.05, 4.69) is 15.3 Å². The molecular formula is C25H19N3O3. The Bertz CT molecular complexity index is 1410. The molecule has 1 amide bonds. The SMILES string of the molecule is COc1ccc2ccccc2c1C(=O)Nc1cc(-c2nc3cccnc3o2)ccc1C. The van der Waals surface area contributed by atoms with E-state index in [0.29, 0.717) is 34.1 Å². The fourth-order valence-corrected chi connectivity index (χ4v) is 3.62. The van der Waals surface area contributed by atoms with Gasteiger partial charge in [-0.25, -0.2) is 9.97 Å². The molecule has 1 N–H and O–H groups in total. The summed E-state index contributed by atoms with van der Waals surface area (Å²) in [6, 6.07) is 20.8. The van der Waals surface area contributed by atoms with Crippen LogP contribution in [0.3, 0.4) is 0 Å². The second-order valence-corrected chi connectivity index (χ2v) is 7.19. The highest BCUT2D eigenvalue weighted by Gasteiger charge is 2.18. The van der Waals surface area contributed by atoms with E-state index < -0.39 is 0 Å². The number of fused-ring (bicyclic) bond motifs is 2. The van der Waals surface area contributed by atoms with Gasteiger partial charge in [0.05, 0.1) is 12.7 Å². The number of nitrogens with zero attached hydrogens (tertiary/aromatic N) is 2. The van der Waals surface area contributed by atoms with Crippen molar-refractivity contribution in [2.45, 2.75) is 6.92 Å². The lowest BCUT2D eigenvalue weighted by molar-refractivity contribution is 0.102. The van der Waals surface area contributed by atoms with Crippen LogP contribution in [0.4, 0.5) is 5.69 Å². The van der Waals surface area contributed by atoms with Crippen molar-refractivity contribution in [2.75, 3.05) is 12.4 Å². The number of carbonyl (C=O) groups excluding carboxylic acids is 1. The van der Waals surface area contributed by atoms with E-state index in [1.165, 1.54) is 0 Å². The molecule has 0 saturated carbocycles. The van der Waals surface area contributed by atoms with Crippen molar-refractivity contribution in [3.63, 3.8) is 0 Å². The molecule has 0 saturated heterocycles. The minimum atomic E-state index is -0.242. The molecule has 6 heteroatoms. The zero-order valence-corrected chi connectivity index (χ0v) is 17.0. The Kier molecular flexibility index (Phi) is 4.59. The van der Waals surface area contributed by atoms with Crippen molar-refractivity contribution in [3.05, 3.63) is 84.1 Å². The molecule has 0 bridgehead atoms. The third kappa shape index (κ3) is 3.38. The second-order valence-electron chi connectivity index (χ2n) is 7.19. The van der Waals surface area contributed by atoms with Crippen LogP contribution in [0.1, 0.15) is 15.9 Å². The second kappa shape index (κ2) is 7.57. The number of anilines is 1. The maximum atomic E-state index is 13.3. The van der Waals surface area contributed by atoms with Gasteiger partial charge in [-0.15, -0.1) is 0 Å². The van der Waals surface area contributed by atoms with Gasteiger partial charge in [0.1, 0.15) is 11.3 Å². The average molecular weight is 409 g/mol. The molecule has 5 aromatic rings. The highest BCUT2D eigenvalue weighted by atomic mass is 16.5. The number of ether oxygens (including phenoxy) is 1. The van der Waals surface area contributed by atoms with Crippen LogP contribution in [0.15, 0.2) is 77.3 Å². The molecule has 6 nitrogen and oxygen atoms in total. The Morgan fingerprint density at radius 1 is 1.03 bits per heavy atom. The number of pyridine rings is 1. The Morgan fingerprint density at radius 2 is 1.90 bits per heavy atom. The van der Waals surface area contributed by atoms with Gasteiger partial charge in [0.25, 0.3) is 5.91 Å². The predicted molar refractivity (Wildman–Crippen MR) is 120 cm³/mol. The van der Waals surface area contributed by atoms with Crippen LogP contribution < -0.4 is 10.1 Å². The Morgan fingerprint density at radius 3 is 2.74 bits per heavy atom. The average Bonchev–Trinajstić information content (AvgIpc) is 3.24. The van der Waals surface area contributed by atoms with Crippen molar-refractivity contribution >= 4 is 33.6 Å². The van der Waals surface area contributed by atoms with Crippen LogP contribution >= 0.6 is 0 Å². The number of methoxy groups -OCH3 is 1. The summed E-state index contributed by atoms with van der Waals surface area (Å²) in [4.78, 5) is 22.0. The molecule has 31 heavy (non-hydrogen) atoms. The van der Waals surface area contributed by atoms with Crippen LogP contribution in [0.2, 0.25) is 0 Å². The van der Waals surface area contributed by atoms with Gasteiger partial charge in [0, 0.05) is 17.4 Å². The number of amides is 1. The molecule has 0 aliphatic heterocycles. The summed E-state index contributed by atoms with van der Waals surface area (Å²) in [6.45, 7) is 1.94. The molecule has 5 rings (SSSR count). The summed E-state index contributed by atoms with van der Waals surface area (Å²) in [5.41, 5.74) is 4.01. The molecule has 2 aromatic heterocycles. The molecule has 0 fully saturated rings. The molecule has 2 heterocycles. The molecule has 0 unspecified atom stereocenters. The number of hydrogen-bond acceptors (Lipinski definition) is 5. The van der Waals surface area contributed by atoms with Crippen LogP contribution in [0, 0.1) is 6.92 Å². The summed E-state index contributed by atoms with van der Waals surface area (Å²) in [7, 11) is 1.56. The van der Waals surface area contributed by atoms with E-state index in [1.54, 1.807) is 13.3 Å². The number of carbonyl (C=O) groups is 1. The number of rotatable bonds is 4. The van der Waals surface area contributed by atoms with Crippen molar-refractivity contribution in [3.8, 4) is 17.2 Å². The van der Waals surface area contributed by atoms with E-state index in [1.807, 2.05) is 73.7 Å². The molecule has 3 aromatic carbocycles. The minimum Gasteiger partial charge on any atom is -0.496 e. The van der Waals surface area contributed by atoms with Crippen LogP contribution in [-0.2, 0) is 0 Å². The quantitative estimate of drug-likeness (QED) is 0.417. The first kappa shape index (κ1) is 18.8. The first-order valence-corrected chi connectivity index (χ1v) is 9.84. The largest absolute Gasteiger partial charge is 0.496 e. The molecule has 0 atom stereocenters. The molecule has 0 aliphatic carbocycles. The first-order chi connectivity index (χ1) is 15.1. The van der Waals surface area contributed by atoms with Crippen molar-refractivity contribution in [1.82, 2.24) is 9.97 Å². The minimum absolute atomic E-state index is 0.242. The molecule has 0 radical (unpaired) electrons. The molecule has 0 aliphatic rings. The van der Waals surface area contributed by atoms with E-state index in [4.69, 9.17) is 9.15 Å². The standard InChI is InChI=1S/C25H19N3O3/c1-15-9-10-17(24-28-19-8-5-13-26-25(19)31-24)14-20(15)27-23(29)22-18-7-4-3-6-16(18)11-12-21(22)30-2/h3-14H,1-2H3,(H,27,29). The van der Waals surface area contributed by atoms with Crippen molar-refractivity contribution < 1.29 is 13.9 Å². The van der Waals surface area contributed by atoms with Gasteiger partial charge in [-0.3, -0.25) is 4.79 Å². The third-order valence-corrected chi connectivity index (χ3v) is 5.24. The highest BCUT2D eigenvalue weighted by Crippen LogP contribution is 2.31. The van der Waals surface area contributed by atoms with E-state index >= 15 is 0 Å². The topological polar surface area (TPSA) is 77.2 Å². The zero-order chi connectivity index (χ0) is 21.4. The Balaban J connectivity index is 1.54. The third-order valence-electron chi connectivity index (χ3n) is 5.24. The monoisotopic (exact) mass is 409 g/mol. The summed E-state index contributed by atoms with van der Waals surface area (Å²) < 4.78 is 11.3. The number of benzene rings is 3. The lowest BCUT2D eigenvalue weighted by Gasteiger charge is -2.14. The number of hydrogen-bond donors (Lipinski definition) is 1. The van der Waals surface area contributed by atoms with Crippen molar-refractivity contribution in [2.24, 2.45) is 0 Å². The van der Waals surface area contributed by atoms with E-state index in [9.17, 15) is 4.79 Å². The summed E-state index contributed by atoms with van der Waals surface area (Å²) in [5, 5.41) is 4.84. The number of nitrogens with one attached hydrogen (secondary N) is 1. The smallest absolute Gasteiger partial charge is 0.260 e. The zero-order valence-electron chi connectivity index (χ0n) is 17.0. The Labute approximate surface area is 178 Å². The van der Waals surface area contributed by atoms with Gasteiger partial charge in [-0.1, -0.05) is 36.4 Å². The number of oxazole rings is 1. The maximum Gasteiger partial charge on any atom is 0.260 e. The first-order valence-electron chi connectivity index (χ1n) is 9.84. The Hall–Kier alpha value is -4.19. The van der Waals surface area contributed by atoms with Crippen LogP contribution in [-0.4, -0.2) is 23.0 Å². The van der Waals surface area contributed by atoms with Gasteiger partial charge in [0.15, 0.2) is 0 Å². The fourth-order valence-electron chi connectivity index (χ4n) is 3.62. The lowest BCUT2D eigenvalue weighted by atomic mass is 10.0. The van der Waals surface area contributed by atoms with Crippen LogP contribution in [0.25, 0.3) is 33.5 Å². The summed E-state index contributed by atoms with van der Waals surface area (Å²) in [5.74, 6) is 0.732. The normalized spacial score (nSPS) is 11.0.